The molecule has 2 rings (SSSR count). The summed E-state index contributed by atoms with van der Waals surface area (Å²) in [6.45, 7) is 13.3. The molecular weight excluding hydrogens is 499 g/mol. The number of halogens is 5. The van der Waals surface area contributed by atoms with E-state index >= 15 is 0 Å². The van der Waals surface area contributed by atoms with E-state index in [-0.39, 0.29) is 5.75 Å². The smallest absolute Gasteiger partial charge is 0.412 e. The van der Waals surface area contributed by atoms with Crippen molar-refractivity contribution in [3.05, 3.63) is 106 Å². The first kappa shape index (κ1) is 30.5. The molecule has 0 unspecified atom stereocenters. The molecule has 0 amide bonds. The molecule has 0 radical (unpaired) electrons. The summed E-state index contributed by atoms with van der Waals surface area (Å²) in [5.41, 5.74) is 2.97. The van der Waals surface area contributed by atoms with Crippen molar-refractivity contribution < 1.29 is 27.1 Å². The van der Waals surface area contributed by atoms with Gasteiger partial charge in [-0.2, -0.15) is 13.2 Å². The Hall–Kier alpha value is -3.68. The van der Waals surface area contributed by atoms with Crippen LogP contribution in [0, 0.1) is 18.6 Å². The minimum absolute atomic E-state index is 0.166. The Kier molecular flexibility index (Phi) is 10.6. The fourth-order valence-corrected chi connectivity index (χ4v) is 3.57. The van der Waals surface area contributed by atoms with Crippen LogP contribution in [0.3, 0.4) is 0 Å². The minimum Gasteiger partial charge on any atom is -0.508 e. The van der Waals surface area contributed by atoms with Crippen LogP contribution in [0.1, 0.15) is 50.8 Å². The molecule has 38 heavy (non-hydrogen) atoms. The molecule has 0 aliphatic heterocycles. The summed E-state index contributed by atoms with van der Waals surface area (Å²) < 4.78 is 66.0. The number of rotatable bonds is 10. The summed E-state index contributed by atoms with van der Waals surface area (Å²) >= 11 is 0. The highest BCUT2D eigenvalue weighted by molar-refractivity contribution is 5.95. The number of allylic oxidation sites excluding steroid dienone is 5. The van der Waals surface area contributed by atoms with Crippen molar-refractivity contribution in [1.82, 2.24) is 4.90 Å². The monoisotopic (exact) mass is 532 g/mol. The predicted molar refractivity (Wildman–Crippen MR) is 144 cm³/mol. The maximum Gasteiger partial charge on any atom is 0.412 e. The van der Waals surface area contributed by atoms with Crippen molar-refractivity contribution in [3.8, 4) is 5.75 Å². The molecule has 0 atom stereocenters. The zero-order valence-electron chi connectivity index (χ0n) is 22.3. The normalized spacial score (nSPS) is 13.6. The second kappa shape index (κ2) is 13.2. The third-order valence-corrected chi connectivity index (χ3v) is 5.92. The molecule has 0 fully saturated rings. The summed E-state index contributed by atoms with van der Waals surface area (Å²) in [6, 6.07) is 8.89. The number of phenols is 1. The average Bonchev–Trinajstić information content (AvgIpc) is 2.84. The predicted octanol–water partition coefficient (Wildman–Crippen LogP) is 8.66. The molecule has 0 saturated heterocycles. The van der Waals surface area contributed by atoms with Gasteiger partial charge in [-0.1, -0.05) is 43.9 Å². The number of benzene rings is 2. The molecule has 2 aromatic carbocycles. The highest BCUT2D eigenvalue weighted by Gasteiger charge is 2.29. The lowest BCUT2D eigenvalue weighted by atomic mass is 10.0. The Morgan fingerprint density at radius 1 is 1.05 bits per heavy atom. The third-order valence-electron chi connectivity index (χ3n) is 5.92. The van der Waals surface area contributed by atoms with Crippen LogP contribution in [-0.4, -0.2) is 28.4 Å². The zero-order valence-corrected chi connectivity index (χ0v) is 22.3. The average molecular weight is 533 g/mol. The lowest BCUT2D eigenvalue weighted by molar-refractivity contribution is -0.0913. The Balaban J connectivity index is 2.57. The van der Waals surface area contributed by atoms with E-state index < -0.39 is 23.4 Å². The zero-order chi connectivity index (χ0) is 28.6. The molecule has 0 bridgehead atoms. The van der Waals surface area contributed by atoms with Crippen LogP contribution in [0.2, 0.25) is 0 Å². The Bertz CT molecular complexity index is 1290. The highest BCUT2D eigenvalue weighted by atomic mass is 19.4. The number of aromatic hydroxyl groups is 1. The molecule has 1 N–H and O–H groups in total. The molecule has 2 aromatic rings. The van der Waals surface area contributed by atoms with E-state index in [2.05, 4.69) is 11.6 Å². The van der Waals surface area contributed by atoms with Gasteiger partial charge in [0.25, 0.3) is 0 Å². The lowest BCUT2D eigenvalue weighted by Crippen LogP contribution is -2.24. The SMILES string of the molecule is C=C(C(/N=C(C)/C=C\C=C(/C)C(F)(F)F)=C(/C)c1ccc(F)c(F)c1)N(CCC)Cc1ccc(C)c(O)c1. The number of hydrogen-bond donors (Lipinski definition) is 1. The second-order valence-electron chi connectivity index (χ2n) is 9.05. The molecule has 8 heteroatoms. The number of hydrogen-bond acceptors (Lipinski definition) is 3. The van der Waals surface area contributed by atoms with Gasteiger partial charge in [0.1, 0.15) is 5.75 Å². The topological polar surface area (TPSA) is 35.8 Å². The van der Waals surface area contributed by atoms with Gasteiger partial charge in [0.2, 0.25) is 0 Å². The van der Waals surface area contributed by atoms with Crippen molar-refractivity contribution in [2.24, 2.45) is 4.99 Å². The Labute approximate surface area is 221 Å². The molecule has 0 aliphatic rings. The molecule has 204 valence electrons. The first-order chi connectivity index (χ1) is 17.7. The summed E-state index contributed by atoms with van der Waals surface area (Å²) in [5.74, 6) is -1.83. The first-order valence-electron chi connectivity index (χ1n) is 12.1. The molecule has 0 aromatic heterocycles. The van der Waals surface area contributed by atoms with Crippen molar-refractivity contribution in [2.45, 2.75) is 53.8 Å². The van der Waals surface area contributed by atoms with E-state index in [1.165, 1.54) is 18.2 Å². The number of nitrogens with zero attached hydrogens (tertiary/aromatic N) is 2. The molecule has 0 saturated carbocycles. The molecule has 3 nitrogen and oxygen atoms in total. The van der Waals surface area contributed by atoms with Crippen LogP contribution in [0.4, 0.5) is 22.0 Å². The second-order valence-corrected chi connectivity index (χ2v) is 9.05. The fraction of sp³-hybridized carbons (Fsp3) is 0.300. The molecule has 0 spiro atoms. The van der Waals surface area contributed by atoms with Gasteiger partial charge in [-0.05, 0) is 80.7 Å². The minimum atomic E-state index is -4.43. The van der Waals surface area contributed by atoms with Crippen LogP contribution >= 0.6 is 0 Å². The van der Waals surface area contributed by atoms with Crippen LogP contribution in [-0.2, 0) is 6.54 Å². The summed E-state index contributed by atoms with van der Waals surface area (Å²) in [5, 5.41) is 10.1. The standard InChI is InChI=1S/C30H33F5N2O/c1-7-15-37(18-24-12-11-19(2)28(38)16-24)23(6)29(22(5)25-13-14-26(31)27(32)17-25)36-21(4)10-8-9-20(3)30(33,34)35/h8-14,16-17,38H,6-7,15,18H2,1-5H3/b10-8-,20-9+,29-22+,36-21+. The quantitative estimate of drug-likeness (QED) is 0.189. The molecular formula is C30H33F5N2O. The van der Waals surface area contributed by atoms with E-state index in [1.54, 1.807) is 26.8 Å². The van der Waals surface area contributed by atoms with Gasteiger partial charge >= 0.3 is 6.18 Å². The first-order valence-corrected chi connectivity index (χ1v) is 12.1. The van der Waals surface area contributed by atoms with Gasteiger partial charge in [-0.15, -0.1) is 0 Å². The van der Waals surface area contributed by atoms with Crippen molar-refractivity contribution in [3.63, 3.8) is 0 Å². The molecule has 0 heterocycles. The van der Waals surface area contributed by atoms with Crippen LogP contribution in [0.5, 0.6) is 5.75 Å². The van der Waals surface area contributed by atoms with Crippen LogP contribution in [0.25, 0.3) is 5.57 Å². The van der Waals surface area contributed by atoms with E-state index in [0.29, 0.717) is 41.3 Å². The van der Waals surface area contributed by atoms with E-state index in [1.807, 2.05) is 24.0 Å². The molecule has 0 aliphatic carbocycles. The van der Waals surface area contributed by atoms with Gasteiger partial charge in [0.15, 0.2) is 11.6 Å². The van der Waals surface area contributed by atoms with Gasteiger partial charge in [0.05, 0.1) is 11.4 Å². The number of aryl methyl sites for hydroxylation is 1. The van der Waals surface area contributed by atoms with Gasteiger partial charge < -0.3 is 10.0 Å². The lowest BCUT2D eigenvalue weighted by Gasteiger charge is -2.28. The number of phenolic OH excluding ortho intramolecular Hbond substituents is 1. The van der Waals surface area contributed by atoms with Gasteiger partial charge in [-0.3, -0.25) is 4.99 Å². The van der Waals surface area contributed by atoms with Crippen LogP contribution in [0.15, 0.2) is 83.2 Å². The maximum absolute atomic E-state index is 14.0. The van der Waals surface area contributed by atoms with Crippen molar-refractivity contribution in [2.75, 3.05) is 6.54 Å². The summed E-state index contributed by atoms with van der Waals surface area (Å²) in [6.07, 6.45) is -0.0226. The van der Waals surface area contributed by atoms with Crippen LogP contribution < -0.4 is 0 Å². The summed E-state index contributed by atoms with van der Waals surface area (Å²) in [4.78, 5) is 6.59. The van der Waals surface area contributed by atoms with Gasteiger partial charge in [0, 0.05) is 24.4 Å². The largest absolute Gasteiger partial charge is 0.508 e. The number of aliphatic imine (C=N–C) groups is 1. The number of alkyl halides is 3. The third kappa shape index (κ3) is 8.43. The fourth-order valence-electron chi connectivity index (χ4n) is 3.57. The maximum atomic E-state index is 14.0. The summed E-state index contributed by atoms with van der Waals surface area (Å²) in [7, 11) is 0. The van der Waals surface area contributed by atoms with Crippen molar-refractivity contribution in [1.29, 1.82) is 0 Å². The van der Waals surface area contributed by atoms with E-state index in [0.717, 1.165) is 42.7 Å². The van der Waals surface area contributed by atoms with E-state index in [9.17, 15) is 27.1 Å². The highest BCUT2D eigenvalue weighted by Crippen LogP contribution is 2.29. The Morgan fingerprint density at radius 2 is 1.74 bits per heavy atom. The van der Waals surface area contributed by atoms with E-state index in [4.69, 9.17) is 0 Å². The van der Waals surface area contributed by atoms with Gasteiger partial charge in [-0.25, -0.2) is 8.78 Å². The Morgan fingerprint density at radius 3 is 2.32 bits per heavy atom. The van der Waals surface area contributed by atoms with Crippen molar-refractivity contribution >= 4 is 11.3 Å².